The highest BCUT2D eigenvalue weighted by Crippen LogP contribution is 2.12. The molecule has 82 valence electrons. The molecule has 0 aliphatic rings. The number of carbonyl (C=O) groups is 1. The lowest BCUT2D eigenvalue weighted by Crippen LogP contribution is -2.15. The van der Waals surface area contributed by atoms with Crippen molar-refractivity contribution < 1.29 is 13.9 Å². The summed E-state index contributed by atoms with van der Waals surface area (Å²) in [6.45, 7) is 0. The highest BCUT2D eigenvalue weighted by molar-refractivity contribution is 5.87. The number of halogens is 1. The molecule has 0 unspecified atom stereocenters. The second kappa shape index (κ2) is 3.77. The van der Waals surface area contributed by atoms with E-state index < -0.39 is 11.9 Å². The van der Waals surface area contributed by atoms with Crippen LogP contribution in [0.1, 0.15) is 0 Å². The monoisotopic (exact) mass is 221 g/mol. The summed E-state index contributed by atoms with van der Waals surface area (Å²) in [5.74, 6) is -0.521. The number of pyridine rings is 1. The Bertz CT molecular complexity index is 618. The van der Waals surface area contributed by atoms with Crippen molar-refractivity contribution in [3.8, 4) is 0 Å². The summed E-state index contributed by atoms with van der Waals surface area (Å²) in [7, 11) is 1.23. The Labute approximate surface area is 89.9 Å². The van der Waals surface area contributed by atoms with E-state index in [2.05, 4.69) is 4.74 Å². The highest BCUT2D eigenvalue weighted by Gasteiger charge is 2.09. The number of methoxy groups -OCH3 is 1. The summed E-state index contributed by atoms with van der Waals surface area (Å²) in [5, 5.41) is 0.146. The molecule has 0 spiro atoms. The van der Waals surface area contributed by atoms with Gasteiger partial charge in [0, 0.05) is 17.6 Å². The molecule has 0 saturated carbocycles. The van der Waals surface area contributed by atoms with Crippen molar-refractivity contribution >= 4 is 17.0 Å². The summed E-state index contributed by atoms with van der Waals surface area (Å²) in [4.78, 5) is 22.8. The molecular formula is C11H8FNO3. The number of rotatable bonds is 0. The molecule has 0 aliphatic heterocycles. The largest absolute Gasteiger partial charge is 0.452 e. The van der Waals surface area contributed by atoms with E-state index >= 15 is 0 Å². The van der Waals surface area contributed by atoms with Gasteiger partial charge in [0.2, 0.25) is 0 Å². The number of carbonyl (C=O) groups excluding carboxylic acids is 1. The van der Waals surface area contributed by atoms with Gasteiger partial charge in [-0.15, -0.1) is 0 Å². The van der Waals surface area contributed by atoms with Gasteiger partial charge in [0.25, 0.3) is 0 Å². The van der Waals surface area contributed by atoms with Crippen LogP contribution in [0.25, 0.3) is 10.9 Å². The Morgan fingerprint density at radius 3 is 2.81 bits per heavy atom. The molecule has 0 bridgehead atoms. The standard InChI is InChI=1S/C11H8FNO3/c1-16-11(15)13-5-4-10(14)8-6-7(12)2-3-9(8)13/h2-6H,1H3. The molecule has 4 nitrogen and oxygen atoms in total. The van der Waals surface area contributed by atoms with Crippen LogP contribution in [-0.2, 0) is 4.74 Å². The van der Waals surface area contributed by atoms with Crippen LogP contribution in [-0.4, -0.2) is 17.8 Å². The highest BCUT2D eigenvalue weighted by atomic mass is 19.1. The number of fused-ring (bicyclic) bond motifs is 1. The SMILES string of the molecule is COC(=O)n1ccc(=O)c2cc(F)ccc21. The Morgan fingerprint density at radius 2 is 2.12 bits per heavy atom. The smallest absolute Gasteiger partial charge is 0.418 e. The first-order chi connectivity index (χ1) is 7.63. The second-order valence-electron chi connectivity index (χ2n) is 3.18. The van der Waals surface area contributed by atoms with Gasteiger partial charge >= 0.3 is 6.09 Å². The molecular weight excluding hydrogens is 213 g/mol. The van der Waals surface area contributed by atoms with Crippen LogP contribution in [0.3, 0.4) is 0 Å². The van der Waals surface area contributed by atoms with Crippen molar-refractivity contribution in [3.05, 3.63) is 46.5 Å². The molecule has 0 atom stereocenters. The van der Waals surface area contributed by atoms with Gasteiger partial charge in [-0.1, -0.05) is 0 Å². The Kier molecular flexibility index (Phi) is 2.44. The molecule has 0 amide bonds. The fourth-order valence-electron chi connectivity index (χ4n) is 1.49. The normalized spacial score (nSPS) is 10.4. The van der Waals surface area contributed by atoms with E-state index in [0.717, 1.165) is 10.6 Å². The number of nitrogens with zero attached hydrogens (tertiary/aromatic N) is 1. The van der Waals surface area contributed by atoms with Crippen molar-refractivity contribution in [1.82, 2.24) is 4.57 Å². The van der Waals surface area contributed by atoms with E-state index in [0.29, 0.717) is 5.52 Å². The molecule has 1 heterocycles. The van der Waals surface area contributed by atoms with Crippen molar-refractivity contribution in [2.75, 3.05) is 7.11 Å². The average Bonchev–Trinajstić information content (AvgIpc) is 2.29. The molecule has 2 rings (SSSR count). The van der Waals surface area contributed by atoms with Crippen LogP contribution in [0.4, 0.5) is 9.18 Å². The van der Waals surface area contributed by atoms with E-state index in [9.17, 15) is 14.0 Å². The first-order valence-corrected chi connectivity index (χ1v) is 4.53. The average molecular weight is 221 g/mol. The van der Waals surface area contributed by atoms with Crippen LogP contribution in [0, 0.1) is 5.82 Å². The van der Waals surface area contributed by atoms with E-state index in [4.69, 9.17) is 0 Å². The van der Waals surface area contributed by atoms with Gasteiger partial charge in [0.05, 0.1) is 12.6 Å². The van der Waals surface area contributed by atoms with Gasteiger partial charge in [0.1, 0.15) is 5.82 Å². The lowest BCUT2D eigenvalue weighted by molar-refractivity contribution is 0.174. The third-order valence-electron chi connectivity index (χ3n) is 2.23. The van der Waals surface area contributed by atoms with Crippen LogP contribution in [0.5, 0.6) is 0 Å². The molecule has 1 aromatic carbocycles. The third kappa shape index (κ3) is 1.56. The van der Waals surface area contributed by atoms with Crippen molar-refractivity contribution in [2.45, 2.75) is 0 Å². The minimum Gasteiger partial charge on any atom is -0.452 e. The quantitative estimate of drug-likeness (QED) is 0.681. The zero-order valence-corrected chi connectivity index (χ0v) is 8.44. The lowest BCUT2D eigenvalue weighted by atomic mass is 10.2. The van der Waals surface area contributed by atoms with Crippen LogP contribution < -0.4 is 5.43 Å². The van der Waals surface area contributed by atoms with Crippen LogP contribution >= 0.6 is 0 Å². The summed E-state index contributed by atoms with van der Waals surface area (Å²) in [6, 6.07) is 4.83. The van der Waals surface area contributed by atoms with Gasteiger partial charge in [-0.2, -0.15) is 0 Å². The molecule has 1 aromatic heterocycles. The Balaban J connectivity index is 2.84. The molecule has 0 aliphatic carbocycles. The second-order valence-corrected chi connectivity index (χ2v) is 3.18. The summed E-state index contributed by atoms with van der Waals surface area (Å²) in [5.41, 5.74) is -0.0181. The topological polar surface area (TPSA) is 48.3 Å². The predicted molar refractivity (Wildman–Crippen MR) is 56.0 cm³/mol. The van der Waals surface area contributed by atoms with E-state index in [-0.39, 0.29) is 10.8 Å². The Hall–Kier alpha value is -2.17. The molecule has 0 radical (unpaired) electrons. The minimum absolute atomic E-state index is 0.146. The zero-order valence-electron chi connectivity index (χ0n) is 8.44. The molecule has 2 aromatic rings. The third-order valence-corrected chi connectivity index (χ3v) is 2.23. The molecule has 5 heteroatoms. The van der Waals surface area contributed by atoms with Crippen molar-refractivity contribution in [3.63, 3.8) is 0 Å². The maximum absolute atomic E-state index is 13.0. The van der Waals surface area contributed by atoms with Gasteiger partial charge < -0.3 is 4.74 Å². The maximum atomic E-state index is 13.0. The van der Waals surface area contributed by atoms with Crippen LogP contribution in [0.2, 0.25) is 0 Å². The fourth-order valence-corrected chi connectivity index (χ4v) is 1.49. The molecule has 0 saturated heterocycles. The summed E-state index contributed by atoms with van der Waals surface area (Å²) >= 11 is 0. The minimum atomic E-state index is -0.628. The fraction of sp³-hybridized carbons (Fsp3) is 0.0909. The Morgan fingerprint density at radius 1 is 1.38 bits per heavy atom. The first-order valence-electron chi connectivity index (χ1n) is 4.53. The number of aromatic nitrogens is 1. The van der Waals surface area contributed by atoms with Gasteiger partial charge in [-0.3, -0.25) is 9.36 Å². The van der Waals surface area contributed by atoms with E-state index in [1.807, 2.05) is 0 Å². The number of hydrogen-bond donors (Lipinski definition) is 0. The molecule has 0 fully saturated rings. The van der Waals surface area contributed by atoms with Crippen molar-refractivity contribution in [2.24, 2.45) is 0 Å². The van der Waals surface area contributed by atoms with Crippen molar-refractivity contribution in [1.29, 1.82) is 0 Å². The maximum Gasteiger partial charge on any atom is 0.418 e. The van der Waals surface area contributed by atoms with Gasteiger partial charge in [-0.25, -0.2) is 9.18 Å². The predicted octanol–water partition coefficient (Wildman–Crippen LogP) is 1.76. The first kappa shape index (κ1) is 10.4. The zero-order chi connectivity index (χ0) is 11.7. The van der Waals surface area contributed by atoms with Gasteiger partial charge in [0.15, 0.2) is 5.43 Å². The van der Waals surface area contributed by atoms with E-state index in [1.165, 1.54) is 31.5 Å². The molecule has 16 heavy (non-hydrogen) atoms. The van der Waals surface area contributed by atoms with Gasteiger partial charge in [-0.05, 0) is 18.2 Å². The van der Waals surface area contributed by atoms with E-state index in [1.54, 1.807) is 0 Å². The number of ether oxygens (including phenoxy) is 1. The summed E-state index contributed by atoms with van der Waals surface area (Å²) < 4.78 is 18.7. The number of hydrogen-bond acceptors (Lipinski definition) is 3. The lowest BCUT2D eigenvalue weighted by Gasteiger charge is -2.07. The summed E-state index contributed by atoms with van der Waals surface area (Å²) in [6.07, 6.45) is 0.672. The number of benzene rings is 1. The molecule has 0 N–H and O–H groups in total. The van der Waals surface area contributed by atoms with Crippen LogP contribution in [0.15, 0.2) is 35.3 Å².